The second-order valence-electron chi connectivity index (χ2n) is 6.42. The van der Waals surface area contributed by atoms with Crippen molar-refractivity contribution in [1.29, 1.82) is 0 Å². The summed E-state index contributed by atoms with van der Waals surface area (Å²) in [6, 6.07) is 9.52. The van der Waals surface area contributed by atoms with Crippen LogP contribution in [0.3, 0.4) is 0 Å². The van der Waals surface area contributed by atoms with E-state index in [1.807, 2.05) is 30.3 Å². The molecule has 0 bridgehead atoms. The zero-order chi connectivity index (χ0) is 20.1. The fourth-order valence-electron chi connectivity index (χ4n) is 2.60. The molecule has 0 saturated carbocycles. The number of imidazole rings is 1. The molecule has 28 heavy (non-hydrogen) atoms. The Morgan fingerprint density at radius 2 is 1.89 bits per heavy atom. The Morgan fingerprint density at radius 3 is 2.39 bits per heavy atom. The lowest BCUT2D eigenvalue weighted by Crippen LogP contribution is -2.47. The summed E-state index contributed by atoms with van der Waals surface area (Å²) in [6.45, 7) is 0.263. The molecule has 0 aliphatic carbocycles. The molecule has 0 amide bonds. The van der Waals surface area contributed by atoms with Crippen LogP contribution in [0.4, 0.5) is 13.2 Å². The van der Waals surface area contributed by atoms with Crippen molar-refractivity contribution in [2.75, 3.05) is 20.6 Å². The number of aliphatic imine (C=N–C) groups is 1. The number of nitrogens with zero attached hydrogens (tertiary/aromatic N) is 4. The number of aliphatic hydroxyl groups is 1. The SMILES string of the molecule is CN(C)C(=NCc1ccccc1)NCCC(O)(c1nccn1C)C(F)(F)F.I. The van der Waals surface area contributed by atoms with Gasteiger partial charge in [-0.05, 0) is 5.56 Å². The summed E-state index contributed by atoms with van der Waals surface area (Å²) in [7, 11) is 4.90. The van der Waals surface area contributed by atoms with Crippen LogP contribution in [0.1, 0.15) is 17.8 Å². The molecule has 0 fully saturated rings. The number of hydrogen-bond acceptors (Lipinski definition) is 3. The van der Waals surface area contributed by atoms with Gasteiger partial charge in [-0.2, -0.15) is 13.2 Å². The van der Waals surface area contributed by atoms with Gasteiger partial charge < -0.3 is 19.9 Å². The van der Waals surface area contributed by atoms with Crippen LogP contribution in [0.25, 0.3) is 0 Å². The first-order chi connectivity index (χ1) is 12.6. The number of halogens is 4. The highest BCUT2D eigenvalue weighted by Crippen LogP contribution is 2.40. The van der Waals surface area contributed by atoms with Crippen LogP contribution in [0.5, 0.6) is 0 Å². The Labute approximate surface area is 179 Å². The van der Waals surface area contributed by atoms with Crippen molar-refractivity contribution in [2.24, 2.45) is 12.0 Å². The maximum atomic E-state index is 13.5. The van der Waals surface area contributed by atoms with Gasteiger partial charge in [-0.15, -0.1) is 24.0 Å². The van der Waals surface area contributed by atoms with E-state index in [0.29, 0.717) is 12.5 Å². The number of benzene rings is 1. The lowest BCUT2D eigenvalue weighted by molar-refractivity contribution is -0.272. The van der Waals surface area contributed by atoms with Gasteiger partial charge >= 0.3 is 6.18 Å². The van der Waals surface area contributed by atoms with E-state index in [9.17, 15) is 18.3 Å². The summed E-state index contributed by atoms with van der Waals surface area (Å²) >= 11 is 0. The minimum absolute atomic E-state index is 0. The van der Waals surface area contributed by atoms with Crippen molar-refractivity contribution in [3.63, 3.8) is 0 Å². The summed E-state index contributed by atoms with van der Waals surface area (Å²) < 4.78 is 41.8. The van der Waals surface area contributed by atoms with Crippen molar-refractivity contribution in [2.45, 2.75) is 24.7 Å². The van der Waals surface area contributed by atoms with Crippen molar-refractivity contribution >= 4 is 29.9 Å². The molecule has 2 N–H and O–H groups in total. The van der Waals surface area contributed by atoms with E-state index in [-0.39, 0.29) is 30.5 Å². The largest absolute Gasteiger partial charge is 0.424 e. The first-order valence-corrected chi connectivity index (χ1v) is 8.41. The van der Waals surface area contributed by atoms with E-state index >= 15 is 0 Å². The average Bonchev–Trinajstić information content (AvgIpc) is 3.03. The quantitative estimate of drug-likeness (QED) is 0.356. The summed E-state index contributed by atoms with van der Waals surface area (Å²) in [5.41, 5.74) is -2.06. The van der Waals surface area contributed by atoms with Crippen molar-refractivity contribution in [3.8, 4) is 0 Å². The molecule has 1 unspecified atom stereocenters. The van der Waals surface area contributed by atoms with Crippen LogP contribution in [0.15, 0.2) is 47.7 Å². The minimum Gasteiger partial charge on any atom is -0.374 e. The van der Waals surface area contributed by atoms with Crippen LogP contribution >= 0.6 is 24.0 Å². The Kier molecular flexibility index (Phi) is 8.74. The van der Waals surface area contributed by atoms with Gasteiger partial charge in [-0.3, -0.25) is 0 Å². The van der Waals surface area contributed by atoms with Crippen LogP contribution < -0.4 is 5.32 Å². The molecule has 1 atom stereocenters. The standard InChI is InChI=1S/C18H24F3N5O.HI/c1-25(2)16(24-13-14-7-5-4-6-8-14)23-10-9-17(27,18(19,20)21)15-22-11-12-26(15)3;/h4-8,11-12,27H,9-10,13H2,1-3H3,(H,23,24);1H. The normalized spacial score (nSPS) is 14.2. The average molecular weight is 511 g/mol. The van der Waals surface area contributed by atoms with E-state index in [2.05, 4.69) is 15.3 Å². The summed E-state index contributed by atoms with van der Waals surface area (Å²) in [5, 5.41) is 13.2. The highest BCUT2D eigenvalue weighted by Gasteiger charge is 2.57. The lowest BCUT2D eigenvalue weighted by atomic mass is 9.97. The zero-order valence-electron chi connectivity index (χ0n) is 15.9. The maximum absolute atomic E-state index is 13.5. The molecule has 2 aromatic rings. The highest BCUT2D eigenvalue weighted by molar-refractivity contribution is 14.0. The topological polar surface area (TPSA) is 65.7 Å². The third-order valence-corrected chi connectivity index (χ3v) is 4.11. The Hall–Kier alpha value is -1.82. The van der Waals surface area contributed by atoms with E-state index in [1.165, 1.54) is 24.0 Å². The van der Waals surface area contributed by atoms with E-state index in [0.717, 1.165) is 5.56 Å². The second kappa shape index (κ2) is 10.1. The molecule has 0 radical (unpaired) electrons. The predicted octanol–water partition coefficient (Wildman–Crippen LogP) is 2.89. The molecule has 6 nitrogen and oxygen atoms in total. The third-order valence-electron chi connectivity index (χ3n) is 4.11. The van der Waals surface area contributed by atoms with Gasteiger partial charge in [0, 0.05) is 46.5 Å². The van der Waals surface area contributed by atoms with Crippen LogP contribution in [0, 0.1) is 0 Å². The molecule has 156 valence electrons. The fourth-order valence-corrected chi connectivity index (χ4v) is 2.60. The summed E-state index contributed by atoms with van der Waals surface area (Å²) in [6.07, 6.45) is -2.86. The first-order valence-electron chi connectivity index (χ1n) is 8.41. The molecular weight excluding hydrogens is 486 g/mol. The van der Waals surface area contributed by atoms with Gasteiger partial charge in [-0.1, -0.05) is 30.3 Å². The molecule has 0 spiro atoms. The van der Waals surface area contributed by atoms with Gasteiger partial charge in [0.05, 0.1) is 6.54 Å². The van der Waals surface area contributed by atoms with Crippen molar-refractivity contribution in [1.82, 2.24) is 19.8 Å². The maximum Gasteiger partial charge on any atom is 0.424 e. The predicted molar refractivity (Wildman–Crippen MR) is 112 cm³/mol. The van der Waals surface area contributed by atoms with Crippen LogP contribution in [-0.4, -0.2) is 52.3 Å². The van der Waals surface area contributed by atoms with Crippen LogP contribution in [0.2, 0.25) is 0 Å². The molecule has 1 aromatic carbocycles. The molecule has 0 aliphatic rings. The molecular formula is C18H25F3IN5O. The van der Waals surface area contributed by atoms with E-state index in [4.69, 9.17) is 0 Å². The Bertz CT molecular complexity index is 764. The molecule has 1 heterocycles. The van der Waals surface area contributed by atoms with E-state index < -0.39 is 24.0 Å². The Morgan fingerprint density at radius 1 is 1.25 bits per heavy atom. The number of guanidine groups is 1. The van der Waals surface area contributed by atoms with Gasteiger partial charge in [0.1, 0.15) is 5.82 Å². The number of alkyl halides is 3. The zero-order valence-corrected chi connectivity index (χ0v) is 18.3. The molecule has 0 aliphatic heterocycles. The molecule has 2 rings (SSSR count). The molecule has 0 saturated heterocycles. The van der Waals surface area contributed by atoms with E-state index in [1.54, 1.807) is 19.0 Å². The number of nitrogens with one attached hydrogen (secondary N) is 1. The summed E-state index contributed by atoms with van der Waals surface area (Å²) in [4.78, 5) is 9.77. The first kappa shape index (κ1) is 24.2. The summed E-state index contributed by atoms with van der Waals surface area (Å²) in [5.74, 6) is -0.00681. The Balaban J connectivity index is 0.00000392. The number of aryl methyl sites for hydroxylation is 1. The second-order valence-corrected chi connectivity index (χ2v) is 6.42. The molecule has 10 heteroatoms. The van der Waals surface area contributed by atoms with Gasteiger partial charge in [0.2, 0.25) is 5.60 Å². The monoisotopic (exact) mass is 511 g/mol. The van der Waals surface area contributed by atoms with Crippen LogP contribution in [-0.2, 0) is 19.2 Å². The number of hydrogen-bond donors (Lipinski definition) is 2. The van der Waals surface area contributed by atoms with Gasteiger partial charge in [0.15, 0.2) is 5.96 Å². The van der Waals surface area contributed by atoms with Gasteiger partial charge in [0.25, 0.3) is 0 Å². The number of aromatic nitrogens is 2. The molecule has 1 aromatic heterocycles. The lowest BCUT2D eigenvalue weighted by Gasteiger charge is -2.30. The van der Waals surface area contributed by atoms with Crippen molar-refractivity contribution < 1.29 is 18.3 Å². The van der Waals surface area contributed by atoms with Crippen molar-refractivity contribution in [3.05, 3.63) is 54.1 Å². The third kappa shape index (κ3) is 5.84. The van der Waals surface area contributed by atoms with Gasteiger partial charge in [-0.25, -0.2) is 9.98 Å². The minimum atomic E-state index is -4.85. The smallest absolute Gasteiger partial charge is 0.374 e. The number of rotatable bonds is 6. The highest BCUT2D eigenvalue weighted by atomic mass is 127. The fraction of sp³-hybridized carbons (Fsp3) is 0.444.